The first-order valence-electron chi connectivity index (χ1n) is 19.7. The average molecular weight is 819 g/mol. The molecule has 0 amide bonds. The Balaban J connectivity index is 0.804. The highest BCUT2D eigenvalue weighted by atomic mass is 32.1. The number of fused-ring (bicyclic) bond motifs is 8. The third kappa shape index (κ3) is 6.56. The van der Waals surface area contributed by atoms with Crippen LogP contribution >= 0.6 is 22.7 Å². The van der Waals surface area contributed by atoms with Gasteiger partial charge in [-0.3, -0.25) is 0 Å². The monoisotopic (exact) mass is 818 g/mol. The van der Waals surface area contributed by atoms with E-state index in [1.165, 1.54) is 22.3 Å². The number of nitrogens with zero attached hydrogens (tertiary/aromatic N) is 4. The maximum atomic E-state index is 6.10. The van der Waals surface area contributed by atoms with Crippen molar-refractivity contribution in [1.29, 1.82) is 0 Å². The van der Waals surface area contributed by atoms with E-state index in [0.29, 0.717) is 37.9 Å². The molecule has 0 unspecified atom stereocenters. The molecule has 0 spiro atoms. The molecular weight excluding hydrogens is 785 g/mol. The second-order valence-corrected chi connectivity index (χ2v) is 16.4. The molecule has 0 fully saturated rings. The Hall–Kier alpha value is -7.14. The minimum Gasteiger partial charge on any atom is -0.485 e. The fourth-order valence-corrected chi connectivity index (χ4v) is 9.85. The molecule has 290 valence electrons. The van der Waals surface area contributed by atoms with E-state index < -0.39 is 0 Å². The van der Waals surface area contributed by atoms with Gasteiger partial charge in [-0.25, -0.2) is 0 Å². The Kier molecular flexibility index (Phi) is 9.33. The number of hydrogen-bond acceptors (Lipinski definition) is 10. The third-order valence-electron chi connectivity index (χ3n) is 10.7. The molecule has 8 nitrogen and oxygen atoms in total. The Morgan fingerprint density at radius 1 is 0.350 bits per heavy atom. The predicted molar refractivity (Wildman–Crippen MR) is 245 cm³/mol. The average Bonchev–Trinajstić information content (AvgIpc) is 4.04. The first-order valence-corrected chi connectivity index (χ1v) is 21.3. The second-order valence-electron chi connectivity index (χ2n) is 14.3. The number of thiophene rings is 2. The lowest BCUT2D eigenvalue weighted by Gasteiger charge is -2.16. The summed E-state index contributed by atoms with van der Waals surface area (Å²) < 4.78 is 24.3. The summed E-state index contributed by atoms with van der Waals surface area (Å²) in [5.41, 5.74) is 12.9. The van der Waals surface area contributed by atoms with Gasteiger partial charge in [-0.2, -0.15) is 10.2 Å². The van der Waals surface area contributed by atoms with Crippen LogP contribution in [0.3, 0.4) is 0 Å². The first-order chi connectivity index (χ1) is 29.8. The molecule has 2 aliphatic carbocycles. The molecule has 7 aromatic rings. The summed E-state index contributed by atoms with van der Waals surface area (Å²) in [5, 5.41) is 18.5. The zero-order valence-electron chi connectivity index (χ0n) is 32.1. The highest BCUT2D eigenvalue weighted by molar-refractivity contribution is 7.15. The predicted octanol–water partition coefficient (Wildman–Crippen LogP) is 11.4. The van der Waals surface area contributed by atoms with Crippen LogP contribution in [0, 0.1) is 0 Å². The Labute approximate surface area is 354 Å². The Morgan fingerprint density at radius 3 is 0.983 bits per heavy atom. The van der Waals surface area contributed by atoms with Gasteiger partial charge in [-0.05, 0) is 45.5 Å². The lowest BCUT2D eigenvalue weighted by atomic mass is 10.1. The zero-order valence-corrected chi connectivity index (χ0v) is 33.7. The molecule has 4 heterocycles. The van der Waals surface area contributed by atoms with E-state index in [1.54, 1.807) is 35.1 Å². The van der Waals surface area contributed by atoms with Gasteiger partial charge in [0.15, 0.2) is 23.0 Å². The quantitative estimate of drug-likeness (QED) is 0.113. The molecular formula is C50H34N4O4S2. The van der Waals surface area contributed by atoms with E-state index in [-0.39, 0.29) is 0 Å². The van der Waals surface area contributed by atoms with Crippen LogP contribution in [0.4, 0.5) is 0 Å². The summed E-state index contributed by atoms with van der Waals surface area (Å²) in [5.74, 6) is 2.90. The molecule has 0 saturated heterocycles. The van der Waals surface area contributed by atoms with Crippen LogP contribution in [0.25, 0.3) is 46.6 Å². The van der Waals surface area contributed by atoms with Crippen molar-refractivity contribution in [2.24, 2.45) is 20.4 Å². The van der Waals surface area contributed by atoms with E-state index >= 15 is 0 Å². The summed E-state index contributed by atoms with van der Waals surface area (Å²) in [6.07, 6.45) is 11.9. The molecule has 2 aliphatic heterocycles. The van der Waals surface area contributed by atoms with Crippen LogP contribution in [0.2, 0.25) is 0 Å². The van der Waals surface area contributed by atoms with Gasteiger partial charge < -0.3 is 18.9 Å². The van der Waals surface area contributed by atoms with Crippen molar-refractivity contribution < 1.29 is 18.9 Å². The highest BCUT2D eigenvalue weighted by Crippen LogP contribution is 2.46. The van der Waals surface area contributed by atoms with Crippen LogP contribution in [-0.4, -0.2) is 50.3 Å². The number of benzene rings is 5. The molecule has 5 aromatic carbocycles. The van der Waals surface area contributed by atoms with Gasteiger partial charge in [0, 0.05) is 22.3 Å². The molecule has 0 saturated carbocycles. The van der Waals surface area contributed by atoms with Crippen LogP contribution < -0.4 is 18.9 Å². The van der Waals surface area contributed by atoms with Gasteiger partial charge in [0.2, 0.25) is 0 Å². The minimum atomic E-state index is 0.487. The molecule has 10 heteroatoms. The summed E-state index contributed by atoms with van der Waals surface area (Å²) >= 11 is 3.14. The Morgan fingerprint density at radius 2 is 0.650 bits per heavy atom. The fraction of sp³-hybridized carbons (Fsp3) is 0.0800. The van der Waals surface area contributed by atoms with Crippen LogP contribution in [0.1, 0.15) is 52.9 Å². The van der Waals surface area contributed by atoms with E-state index in [2.05, 4.69) is 132 Å². The smallest absolute Gasteiger partial charge is 0.181 e. The van der Waals surface area contributed by atoms with Crippen molar-refractivity contribution in [2.75, 3.05) is 26.4 Å². The van der Waals surface area contributed by atoms with E-state index in [4.69, 9.17) is 29.2 Å². The summed E-state index contributed by atoms with van der Waals surface area (Å²) in [4.78, 5) is 3.67. The molecule has 0 radical (unpaired) electrons. The maximum absolute atomic E-state index is 6.10. The zero-order chi connectivity index (χ0) is 39.8. The van der Waals surface area contributed by atoms with Gasteiger partial charge in [0.05, 0.1) is 31.9 Å². The van der Waals surface area contributed by atoms with Crippen LogP contribution in [0.5, 0.6) is 23.0 Å². The standard InChI is InChI=1S/C50H34N4O4S2/c1-5-13-37-33(9-1)34-10-2-6-14-38(34)45(37)53-51-29-43-49-47(55-25-27-57-49)41(59-43)23-21-31-17-19-32(20-18-31)22-24-42-48-50(58-28-26-56-48)44(60-42)30-52-54-46-39-15-7-3-11-35(39)36-12-4-8-16-40(36)46/h1-24,29-30H,25-28H2/b23-21+,24-22+,51-29+,52-30+. The van der Waals surface area contributed by atoms with Gasteiger partial charge in [0.1, 0.15) is 37.9 Å². The highest BCUT2D eigenvalue weighted by Gasteiger charge is 2.27. The van der Waals surface area contributed by atoms with Crippen molar-refractivity contribution >= 4 is 70.8 Å². The van der Waals surface area contributed by atoms with Crippen molar-refractivity contribution in [2.45, 2.75) is 0 Å². The van der Waals surface area contributed by atoms with Gasteiger partial charge in [-0.1, -0.05) is 133 Å². The Bertz CT molecular complexity index is 2710. The maximum Gasteiger partial charge on any atom is 0.181 e. The lowest BCUT2D eigenvalue weighted by molar-refractivity contribution is 0.173. The van der Waals surface area contributed by atoms with Crippen LogP contribution in [0.15, 0.2) is 142 Å². The van der Waals surface area contributed by atoms with E-state index in [9.17, 15) is 0 Å². The molecule has 4 aliphatic rings. The van der Waals surface area contributed by atoms with E-state index in [0.717, 1.165) is 75.8 Å². The number of rotatable bonds is 8. The molecule has 0 atom stereocenters. The normalized spacial score (nSPS) is 14.6. The van der Waals surface area contributed by atoms with E-state index in [1.807, 2.05) is 24.3 Å². The third-order valence-corrected chi connectivity index (χ3v) is 12.8. The lowest BCUT2D eigenvalue weighted by Crippen LogP contribution is -2.15. The molecule has 0 N–H and O–H groups in total. The van der Waals surface area contributed by atoms with Gasteiger partial charge in [-0.15, -0.1) is 32.9 Å². The van der Waals surface area contributed by atoms with Gasteiger partial charge >= 0.3 is 0 Å². The van der Waals surface area contributed by atoms with Crippen LogP contribution in [-0.2, 0) is 0 Å². The van der Waals surface area contributed by atoms with Gasteiger partial charge in [0.25, 0.3) is 0 Å². The van der Waals surface area contributed by atoms with Crippen molar-refractivity contribution in [3.63, 3.8) is 0 Å². The summed E-state index contributed by atoms with van der Waals surface area (Å²) in [7, 11) is 0. The summed E-state index contributed by atoms with van der Waals surface area (Å²) in [6, 6.07) is 41.7. The topological polar surface area (TPSA) is 86.4 Å². The van der Waals surface area contributed by atoms with Crippen molar-refractivity contribution in [1.82, 2.24) is 0 Å². The SMILES string of the molecule is C(=C\c1sc(/C=N/N=C2c3ccccc3-c3ccccc32)c2c1OCCO2)/c1ccc(/C=C/c2sc(/C=N/N=C3c4ccccc4-c4ccccc43)c3c2OCCO3)cc1. The fourth-order valence-electron chi connectivity index (χ4n) is 7.92. The number of ether oxygens (including phenoxy) is 4. The second kappa shape index (κ2) is 15.6. The summed E-state index contributed by atoms with van der Waals surface area (Å²) in [6.45, 7) is 1.97. The largest absolute Gasteiger partial charge is 0.485 e. The number of hydrogen-bond donors (Lipinski definition) is 0. The molecule has 0 bridgehead atoms. The molecule has 2 aromatic heterocycles. The van der Waals surface area contributed by atoms with Crippen molar-refractivity contribution in [3.05, 3.63) is 174 Å². The molecule has 60 heavy (non-hydrogen) atoms. The first kappa shape index (κ1) is 36.0. The van der Waals surface area contributed by atoms with Crippen molar-refractivity contribution in [3.8, 4) is 45.3 Å². The molecule has 11 rings (SSSR count). The minimum absolute atomic E-state index is 0.487.